The van der Waals surface area contributed by atoms with Crippen molar-refractivity contribution < 1.29 is 4.84 Å². The molecule has 0 aliphatic carbocycles. The summed E-state index contributed by atoms with van der Waals surface area (Å²) in [6, 6.07) is 20.8. The van der Waals surface area contributed by atoms with Gasteiger partial charge in [0.15, 0.2) is 0 Å². The van der Waals surface area contributed by atoms with Gasteiger partial charge >= 0.3 is 0 Å². The molecule has 0 bridgehead atoms. The summed E-state index contributed by atoms with van der Waals surface area (Å²) >= 11 is 0. The van der Waals surface area contributed by atoms with E-state index in [-0.39, 0.29) is 0 Å². The average molecular weight is 238 g/mol. The van der Waals surface area contributed by atoms with Crippen LogP contribution in [0.2, 0.25) is 0 Å². The van der Waals surface area contributed by atoms with Crippen molar-refractivity contribution in [2.24, 2.45) is 5.16 Å². The summed E-state index contributed by atoms with van der Waals surface area (Å²) in [7, 11) is 0. The summed E-state index contributed by atoms with van der Waals surface area (Å²) in [5.41, 5.74) is 3.17. The summed E-state index contributed by atoms with van der Waals surface area (Å²) in [5.74, 6) is 0. The number of oxime groups is 1. The lowest BCUT2D eigenvalue weighted by Crippen LogP contribution is -2.00. The lowest BCUT2D eigenvalue weighted by Gasteiger charge is -2.04. The Labute approximate surface area is 108 Å². The minimum absolute atomic E-state index is 0.503. The van der Waals surface area contributed by atoms with Crippen LogP contribution < -0.4 is 0 Å². The Balaban J connectivity index is 1.99. The zero-order chi connectivity index (χ0) is 12.6. The van der Waals surface area contributed by atoms with Crippen molar-refractivity contribution in [2.45, 2.75) is 20.0 Å². The van der Waals surface area contributed by atoms with Crippen LogP contribution in [0.25, 0.3) is 0 Å². The van der Waals surface area contributed by atoms with Gasteiger partial charge in [-0.15, -0.1) is 0 Å². The summed E-state index contributed by atoms with van der Waals surface area (Å²) in [4.78, 5) is 5.40. The van der Waals surface area contributed by atoms with E-state index in [1.807, 2.05) is 54.6 Å². The smallest absolute Gasteiger partial charge is 0.142 e. The van der Waals surface area contributed by atoms with E-state index in [1.54, 1.807) is 0 Å². The van der Waals surface area contributed by atoms with Crippen molar-refractivity contribution in [3.05, 3.63) is 71.8 Å². The molecule has 0 saturated heterocycles. The van der Waals surface area contributed by atoms with Crippen molar-refractivity contribution in [1.29, 1.82) is 0 Å². The molecule has 0 N–H and O–H groups in total. The normalized spacial score (nSPS) is 11.3. The molecule has 0 saturated carbocycles. The topological polar surface area (TPSA) is 21.6 Å². The monoisotopic (exact) mass is 238 g/mol. The van der Waals surface area contributed by atoms with Crippen LogP contribution in [0.3, 0.4) is 0 Å². The van der Waals surface area contributed by atoms with Gasteiger partial charge in [-0.2, -0.15) is 0 Å². The number of benzene rings is 2. The highest BCUT2D eigenvalue weighted by Crippen LogP contribution is 2.06. The van der Waals surface area contributed by atoms with E-state index in [0.717, 1.165) is 23.3 Å². The molecule has 0 fully saturated rings. The van der Waals surface area contributed by atoms with E-state index in [9.17, 15) is 0 Å². The average Bonchev–Trinajstić information content (AvgIpc) is 2.46. The second-order valence-electron chi connectivity index (χ2n) is 3.94. The Morgan fingerprint density at radius 2 is 1.83 bits per heavy atom. The summed E-state index contributed by atoms with van der Waals surface area (Å²) < 4.78 is 0. The zero-order valence-corrected chi connectivity index (χ0v) is 10.5. The molecule has 0 amide bonds. The largest absolute Gasteiger partial charge is 0.391 e. The molecule has 1 radical (unpaired) electrons. The first kappa shape index (κ1) is 12.4. The standard InChI is InChI=1S/C16H16NO/c1-2-16(15-11-7-4-8-12-15)17-18-13-14-9-5-3-6-10-14/h3,5-12H,2,13H2,1H3/b17-16+. The van der Waals surface area contributed by atoms with Gasteiger partial charge in [0.2, 0.25) is 0 Å². The van der Waals surface area contributed by atoms with Gasteiger partial charge in [-0.3, -0.25) is 0 Å². The van der Waals surface area contributed by atoms with Gasteiger partial charge in [-0.05, 0) is 23.6 Å². The van der Waals surface area contributed by atoms with Gasteiger partial charge in [-0.1, -0.05) is 66.7 Å². The highest BCUT2D eigenvalue weighted by molar-refractivity contribution is 5.99. The van der Waals surface area contributed by atoms with Gasteiger partial charge in [0.25, 0.3) is 0 Å². The van der Waals surface area contributed by atoms with Gasteiger partial charge in [-0.25, -0.2) is 0 Å². The van der Waals surface area contributed by atoms with Crippen LogP contribution >= 0.6 is 0 Å². The molecular weight excluding hydrogens is 222 g/mol. The van der Waals surface area contributed by atoms with Crippen molar-refractivity contribution in [3.8, 4) is 0 Å². The summed E-state index contributed by atoms with van der Waals surface area (Å²) in [6.45, 7) is 2.57. The first-order valence-corrected chi connectivity index (χ1v) is 6.09. The number of rotatable bonds is 5. The van der Waals surface area contributed by atoms with Crippen LogP contribution in [0.1, 0.15) is 24.5 Å². The fourth-order valence-electron chi connectivity index (χ4n) is 1.66. The Bertz CT molecular complexity index is 491. The predicted molar refractivity (Wildman–Crippen MR) is 73.3 cm³/mol. The van der Waals surface area contributed by atoms with E-state index >= 15 is 0 Å². The third-order valence-electron chi connectivity index (χ3n) is 2.64. The van der Waals surface area contributed by atoms with E-state index in [2.05, 4.69) is 18.1 Å². The van der Waals surface area contributed by atoms with Gasteiger partial charge in [0, 0.05) is 0 Å². The zero-order valence-electron chi connectivity index (χ0n) is 10.5. The summed E-state index contributed by atoms with van der Waals surface area (Å²) in [6.07, 6.45) is 0.846. The van der Waals surface area contributed by atoms with Crippen molar-refractivity contribution in [2.75, 3.05) is 0 Å². The van der Waals surface area contributed by atoms with Crippen molar-refractivity contribution in [3.63, 3.8) is 0 Å². The number of nitrogens with zero attached hydrogens (tertiary/aromatic N) is 1. The highest BCUT2D eigenvalue weighted by atomic mass is 16.6. The first-order chi connectivity index (χ1) is 8.90. The Morgan fingerprint density at radius 1 is 1.11 bits per heavy atom. The second kappa shape index (κ2) is 6.60. The van der Waals surface area contributed by atoms with E-state index < -0.39 is 0 Å². The maximum absolute atomic E-state index is 5.40. The van der Waals surface area contributed by atoms with E-state index in [4.69, 9.17) is 4.84 Å². The van der Waals surface area contributed by atoms with Crippen molar-refractivity contribution >= 4 is 5.71 Å². The maximum Gasteiger partial charge on any atom is 0.142 e. The molecule has 0 spiro atoms. The Kier molecular flexibility index (Phi) is 4.53. The van der Waals surface area contributed by atoms with Gasteiger partial charge in [0.1, 0.15) is 6.61 Å². The first-order valence-electron chi connectivity index (χ1n) is 6.09. The molecule has 2 aromatic carbocycles. The SMILES string of the molecule is CC/C(=N\OCc1ccccc1)c1cc[c]cc1. The third kappa shape index (κ3) is 3.45. The van der Waals surface area contributed by atoms with Crippen LogP contribution in [0, 0.1) is 6.07 Å². The molecule has 0 aromatic heterocycles. The lowest BCUT2D eigenvalue weighted by atomic mass is 10.1. The van der Waals surface area contributed by atoms with Crippen molar-refractivity contribution in [1.82, 2.24) is 0 Å². The molecule has 91 valence electrons. The van der Waals surface area contributed by atoms with Crippen LogP contribution in [-0.4, -0.2) is 5.71 Å². The Hall–Kier alpha value is -2.09. The molecule has 0 aliphatic rings. The molecular formula is C16H16NO. The third-order valence-corrected chi connectivity index (χ3v) is 2.64. The second-order valence-corrected chi connectivity index (χ2v) is 3.94. The van der Waals surface area contributed by atoms with Gasteiger partial charge < -0.3 is 4.84 Å². The lowest BCUT2D eigenvalue weighted by molar-refractivity contribution is 0.130. The van der Waals surface area contributed by atoms with E-state index in [0.29, 0.717) is 6.61 Å². The highest BCUT2D eigenvalue weighted by Gasteiger charge is 2.00. The predicted octanol–water partition coefficient (Wildman–Crippen LogP) is 3.82. The molecule has 0 atom stereocenters. The molecule has 0 aliphatic heterocycles. The molecule has 18 heavy (non-hydrogen) atoms. The quantitative estimate of drug-likeness (QED) is 0.573. The minimum atomic E-state index is 0.503. The maximum atomic E-state index is 5.40. The molecule has 2 rings (SSSR count). The molecule has 2 heteroatoms. The van der Waals surface area contributed by atoms with E-state index in [1.165, 1.54) is 0 Å². The minimum Gasteiger partial charge on any atom is -0.391 e. The van der Waals surface area contributed by atoms with Crippen LogP contribution in [-0.2, 0) is 11.4 Å². The number of hydrogen-bond donors (Lipinski definition) is 0. The number of hydrogen-bond acceptors (Lipinski definition) is 2. The molecule has 2 nitrogen and oxygen atoms in total. The fraction of sp³-hybridized carbons (Fsp3) is 0.188. The molecule has 0 heterocycles. The summed E-state index contributed by atoms with van der Waals surface area (Å²) in [5, 5.41) is 4.21. The van der Waals surface area contributed by atoms with Gasteiger partial charge in [0.05, 0.1) is 5.71 Å². The fourth-order valence-corrected chi connectivity index (χ4v) is 1.66. The molecule has 2 aromatic rings. The molecule has 0 unspecified atom stereocenters. The Morgan fingerprint density at radius 3 is 2.50 bits per heavy atom. The van der Waals surface area contributed by atoms with Crippen LogP contribution in [0.4, 0.5) is 0 Å². The van der Waals surface area contributed by atoms with Crippen LogP contribution in [0.15, 0.2) is 59.8 Å². The van der Waals surface area contributed by atoms with Crippen LogP contribution in [0.5, 0.6) is 0 Å².